The summed E-state index contributed by atoms with van der Waals surface area (Å²) in [5.74, 6) is -0.114. The van der Waals surface area contributed by atoms with Crippen LogP contribution in [0.1, 0.15) is 61.8 Å². The number of hydrogen-bond acceptors (Lipinski definition) is 5. The number of amides is 1. The highest BCUT2D eigenvalue weighted by Gasteiger charge is 2.53. The van der Waals surface area contributed by atoms with E-state index < -0.39 is 17.7 Å². The third kappa shape index (κ3) is 4.17. The smallest absolute Gasteiger partial charge is 0.412 e. The van der Waals surface area contributed by atoms with Gasteiger partial charge in [-0.25, -0.2) is 9.59 Å². The molecule has 0 bridgehead atoms. The van der Waals surface area contributed by atoms with Gasteiger partial charge in [0.2, 0.25) is 0 Å². The van der Waals surface area contributed by atoms with E-state index in [1.165, 1.54) is 0 Å². The van der Waals surface area contributed by atoms with Gasteiger partial charge in [-0.1, -0.05) is 12.1 Å². The van der Waals surface area contributed by atoms with E-state index in [-0.39, 0.29) is 6.10 Å². The maximum atomic E-state index is 13.1. The van der Waals surface area contributed by atoms with Gasteiger partial charge in [0.1, 0.15) is 5.57 Å². The van der Waals surface area contributed by atoms with Gasteiger partial charge in [0, 0.05) is 19.6 Å². The minimum absolute atomic E-state index is 0.0328. The standard InChI is InChI=1S/C23H31NO5/c1-6-24-22(26)28-20-19(18-12-15(4)14(3)11-16(18)5)21(25)29-23(20)10-8-9-17(13-23)27-7-2/h11-12,17H,6-10,13H2,1-5H3,(H,24,26). The molecule has 29 heavy (non-hydrogen) atoms. The molecular weight excluding hydrogens is 370 g/mol. The lowest BCUT2D eigenvalue weighted by atomic mass is 9.80. The van der Waals surface area contributed by atoms with Crippen LogP contribution < -0.4 is 5.32 Å². The zero-order valence-electron chi connectivity index (χ0n) is 18.0. The van der Waals surface area contributed by atoms with Crippen LogP contribution in [-0.4, -0.2) is 36.9 Å². The summed E-state index contributed by atoms with van der Waals surface area (Å²) >= 11 is 0. The lowest BCUT2D eigenvalue weighted by Gasteiger charge is -2.37. The molecule has 1 N–H and O–H groups in total. The van der Waals surface area contributed by atoms with Crippen molar-refractivity contribution < 1.29 is 23.8 Å². The predicted molar refractivity (Wildman–Crippen MR) is 110 cm³/mol. The normalized spacial score (nSPS) is 24.0. The van der Waals surface area contributed by atoms with Crippen LogP contribution in [0.4, 0.5) is 4.79 Å². The Labute approximate surface area is 172 Å². The molecule has 1 heterocycles. The second-order valence-corrected chi connectivity index (χ2v) is 7.93. The number of carbonyl (C=O) groups excluding carboxylic acids is 2. The van der Waals surface area contributed by atoms with Gasteiger partial charge in [0.05, 0.1) is 6.10 Å². The average Bonchev–Trinajstić information content (AvgIpc) is 2.89. The Hall–Kier alpha value is -2.34. The second-order valence-electron chi connectivity index (χ2n) is 7.93. The van der Waals surface area contributed by atoms with Crippen molar-refractivity contribution in [3.63, 3.8) is 0 Å². The topological polar surface area (TPSA) is 73.9 Å². The molecule has 1 spiro atoms. The van der Waals surface area contributed by atoms with Crippen molar-refractivity contribution in [2.24, 2.45) is 0 Å². The van der Waals surface area contributed by atoms with Crippen molar-refractivity contribution in [1.82, 2.24) is 5.32 Å². The first-order valence-corrected chi connectivity index (χ1v) is 10.4. The van der Waals surface area contributed by atoms with E-state index in [2.05, 4.69) is 5.32 Å². The molecule has 0 saturated heterocycles. The van der Waals surface area contributed by atoms with E-state index in [1.54, 1.807) is 0 Å². The first-order chi connectivity index (χ1) is 13.8. The molecule has 1 fully saturated rings. The molecule has 0 aromatic heterocycles. The Bertz CT molecular complexity index is 842. The van der Waals surface area contributed by atoms with Crippen LogP contribution in [0.3, 0.4) is 0 Å². The Balaban J connectivity index is 2.13. The second kappa shape index (κ2) is 8.57. The van der Waals surface area contributed by atoms with E-state index in [1.807, 2.05) is 46.8 Å². The zero-order valence-corrected chi connectivity index (χ0v) is 18.0. The number of aryl methyl sites for hydroxylation is 3. The highest BCUT2D eigenvalue weighted by molar-refractivity contribution is 6.20. The number of ether oxygens (including phenoxy) is 3. The van der Waals surface area contributed by atoms with Crippen molar-refractivity contribution in [2.45, 2.75) is 72.0 Å². The first-order valence-electron chi connectivity index (χ1n) is 10.4. The summed E-state index contributed by atoms with van der Waals surface area (Å²) in [6, 6.07) is 4.02. The third-order valence-electron chi connectivity index (χ3n) is 5.83. The molecule has 158 valence electrons. The first kappa shape index (κ1) is 21.4. The van der Waals surface area contributed by atoms with Crippen LogP contribution in [0, 0.1) is 20.8 Å². The van der Waals surface area contributed by atoms with Crippen molar-refractivity contribution >= 4 is 17.6 Å². The number of nitrogens with one attached hydrogen (secondary N) is 1. The summed E-state index contributed by atoms with van der Waals surface area (Å²) in [6.45, 7) is 10.8. The molecule has 2 unspecified atom stereocenters. The van der Waals surface area contributed by atoms with Crippen LogP contribution in [-0.2, 0) is 19.0 Å². The summed E-state index contributed by atoms with van der Waals surface area (Å²) in [5, 5.41) is 2.66. The molecule has 1 aromatic rings. The summed E-state index contributed by atoms with van der Waals surface area (Å²) in [7, 11) is 0. The number of esters is 1. The molecule has 1 saturated carbocycles. The summed E-state index contributed by atoms with van der Waals surface area (Å²) in [5.41, 5.74) is 3.32. The minimum atomic E-state index is -0.958. The number of rotatable bonds is 5. The Morgan fingerprint density at radius 1 is 1.21 bits per heavy atom. The van der Waals surface area contributed by atoms with Gasteiger partial charge >= 0.3 is 12.1 Å². The fraction of sp³-hybridized carbons (Fsp3) is 0.565. The number of hydrogen-bond donors (Lipinski definition) is 1. The van der Waals surface area contributed by atoms with E-state index in [4.69, 9.17) is 14.2 Å². The number of benzene rings is 1. The van der Waals surface area contributed by atoms with Crippen LogP contribution in [0.15, 0.2) is 17.9 Å². The molecule has 3 rings (SSSR count). The molecule has 1 aliphatic carbocycles. The van der Waals surface area contributed by atoms with Crippen LogP contribution >= 0.6 is 0 Å². The minimum Gasteiger partial charge on any atom is -0.447 e. The Kier molecular flexibility index (Phi) is 6.32. The quantitative estimate of drug-likeness (QED) is 0.743. The number of carbonyl (C=O) groups is 2. The largest absolute Gasteiger partial charge is 0.447 e. The van der Waals surface area contributed by atoms with Crippen molar-refractivity contribution in [3.8, 4) is 0 Å². The fourth-order valence-corrected chi connectivity index (χ4v) is 4.34. The van der Waals surface area contributed by atoms with E-state index in [0.717, 1.165) is 35.1 Å². The van der Waals surface area contributed by atoms with Gasteiger partial charge in [0.15, 0.2) is 11.4 Å². The molecule has 2 aliphatic rings. The number of alkyl carbamates (subject to hydrolysis) is 1. The molecule has 2 atom stereocenters. The van der Waals surface area contributed by atoms with Gasteiger partial charge in [-0.2, -0.15) is 0 Å². The lowest BCUT2D eigenvalue weighted by molar-refractivity contribution is -0.154. The van der Waals surface area contributed by atoms with Gasteiger partial charge < -0.3 is 19.5 Å². The summed E-state index contributed by atoms with van der Waals surface area (Å²) < 4.78 is 17.5. The fourth-order valence-electron chi connectivity index (χ4n) is 4.34. The van der Waals surface area contributed by atoms with E-state index in [0.29, 0.717) is 37.3 Å². The van der Waals surface area contributed by atoms with Crippen LogP contribution in [0.25, 0.3) is 5.57 Å². The molecule has 1 aliphatic heterocycles. The van der Waals surface area contributed by atoms with Gasteiger partial charge in [0.25, 0.3) is 0 Å². The van der Waals surface area contributed by atoms with Crippen LogP contribution in [0.5, 0.6) is 0 Å². The molecule has 1 aromatic carbocycles. The zero-order chi connectivity index (χ0) is 21.2. The highest BCUT2D eigenvalue weighted by Crippen LogP contribution is 2.48. The van der Waals surface area contributed by atoms with E-state index in [9.17, 15) is 9.59 Å². The molecule has 6 heteroatoms. The maximum absolute atomic E-state index is 13.1. The van der Waals surface area contributed by atoms with Gasteiger partial charge in [-0.15, -0.1) is 0 Å². The Morgan fingerprint density at radius 3 is 2.62 bits per heavy atom. The van der Waals surface area contributed by atoms with Gasteiger partial charge in [-0.05, 0) is 76.1 Å². The summed E-state index contributed by atoms with van der Waals surface area (Å²) in [4.78, 5) is 25.4. The van der Waals surface area contributed by atoms with Crippen LogP contribution in [0.2, 0.25) is 0 Å². The van der Waals surface area contributed by atoms with Crippen molar-refractivity contribution in [1.29, 1.82) is 0 Å². The molecular formula is C23H31NO5. The molecule has 1 amide bonds. The third-order valence-corrected chi connectivity index (χ3v) is 5.83. The molecule has 6 nitrogen and oxygen atoms in total. The predicted octanol–water partition coefficient (Wildman–Crippen LogP) is 4.34. The monoisotopic (exact) mass is 401 g/mol. The summed E-state index contributed by atoms with van der Waals surface area (Å²) in [6.07, 6.45) is 2.24. The maximum Gasteiger partial charge on any atom is 0.412 e. The molecule has 0 radical (unpaired) electrons. The van der Waals surface area contributed by atoms with Gasteiger partial charge in [-0.3, -0.25) is 0 Å². The van der Waals surface area contributed by atoms with Crippen molar-refractivity contribution in [2.75, 3.05) is 13.2 Å². The van der Waals surface area contributed by atoms with Crippen molar-refractivity contribution in [3.05, 3.63) is 40.1 Å². The Morgan fingerprint density at radius 2 is 1.93 bits per heavy atom. The average molecular weight is 402 g/mol. The highest BCUT2D eigenvalue weighted by atomic mass is 16.6. The van der Waals surface area contributed by atoms with E-state index >= 15 is 0 Å². The lowest BCUT2D eigenvalue weighted by Crippen LogP contribution is -2.42. The SMILES string of the molecule is CCNC(=O)OC1=C(c2cc(C)c(C)cc2C)C(=O)OC12CCCC(OCC)C2.